The standard InChI is InChI=1S/C9H15NO3/c1-3-10-5-7(4-8(10)11)6(2)9(12)13/h6-7H,3-5H2,1-2H3,(H,12,13). The van der Waals surface area contributed by atoms with Gasteiger partial charge in [-0.2, -0.15) is 0 Å². The molecule has 0 radical (unpaired) electrons. The van der Waals surface area contributed by atoms with E-state index in [1.165, 1.54) is 0 Å². The number of hydrogen-bond acceptors (Lipinski definition) is 2. The molecule has 1 aliphatic rings. The van der Waals surface area contributed by atoms with Crippen LogP contribution in [0.3, 0.4) is 0 Å². The molecular weight excluding hydrogens is 170 g/mol. The number of hydrogen-bond donors (Lipinski definition) is 1. The van der Waals surface area contributed by atoms with Gasteiger partial charge in [0.15, 0.2) is 0 Å². The Labute approximate surface area is 77.5 Å². The van der Waals surface area contributed by atoms with Gasteiger partial charge in [-0.25, -0.2) is 0 Å². The van der Waals surface area contributed by atoms with Crippen LogP contribution in [0.4, 0.5) is 0 Å². The summed E-state index contributed by atoms with van der Waals surface area (Å²) in [5, 5.41) is 8.76. The van der Waals surface area contributed by atoms with Gasteiger partial charge in [-0.05, 0) is 12.8 Å². The number of aliphatic carboxylic acids is 1. The van der Waals surface area contributed by atoms with Crippen molar-refractivity contribution in [2.45, 2.75) is 20.3 Å². The first kappa shape index (κ1) is 10.0. The van der Waals surface area contributed by atoms with Crippen molar-refractivity contribution in [1.29, 1.82) is 0 Å². The van der Waals surface area contributed by atoms with Crippen LogP contribution in [0.5, 0.6) is 0 Å². The summed E-state index contributed by atoms with van der Waals surface area (Å²) >= 11 is 0. The number of carbonyl (C=O) groups excluding carboxylic acids is 1. The molecule has 74 valence electrons. The molecule has 1 saturated heterocycles. The summed E-state index contributed by atoms with van der Waals surface area (Å²) in [6.07, 6.45) is 0.390. The SMILES string of the molecule is CCN1CC(C(C)C(=O)O)CC1=O. The van der Waals surface area contributed by atoms with E-state index in [2.05, 4.69) is 0 Å². The Hall–Kier alpha value is -1.06. The molecule has 4 heteroatoms. The Balaban J connectivity index is 2.57. The molecule has 0 saturated carbocycles. The van der Waals surface area contributed by atoms with Crippen LogP contribution in [0, 0.1) is 11.8 Å². The molecule has 0 aromatic carbocycles. The second-order valence-corrected chi connectivity index (χ2v) is 3.52. The maximum Gasteiger partial charge on any atom is 0.306 e. The molecule has 0 aromatic heterocycles. The number of nitrogens with zero attached hydrogens (tertiary/aromatic N) is 1. The summed E-state index contributed by atoms with van der Waals surface area (Å²) in [5.74, 6) is -1.15. The molecule has 0 bridgehead atoms. The third-order valence-corrected chi connectivity index (χ3v) is 2.72. The van der Waals surface area contributed by atoms with Crippen LogP contribution in [-0.2, 0) is 9.59 Å². The first-order valence-electron chi connectivity index (χ1n) is 4.56. The Morgan fingerprint density at radius 3 is 2.77 bits per heavy atom. The van der Waals surface area contributed by atoms with Crippen molar-refractivity contribution in [3.63, 3.8) is 0 Å². The molecule has 1 N–H and O–H groups in total. The van der Waals surface area contributed by atoms with Gasteiger partial charge in [-0.3, -0.25) is 9.59 Å². The van der Waals surface area contributed by atoms with Crippen molar-refractivity contribution >= 4 is 11.9 Å². The minimum Gasteiger partial charge on any atom is -0.481 e. The van der Waals surface area contributed by atoms with Gasteiger partial charge in [0.1, 0.15) is 0 Å². The molecule has 1 amide bonds. The summed E-state index contributed by atoms with van der Waals surface area (Å²) in [5.41, 5.74) is 0. The molecule has 0 spiro atoms. The third kappa shape index (κ3) is 1.99. The van der Waals surface area contributed by atoms with Crippen LogP contribution in [-0.4, -0.2) is 35.0 Å². The lowest BCUT2D eigenvalue weighted by molar-refractivity contribution is -0.142. The van der Waals surface area contributed by atoms with E-state index < -0.39 is 11.9 Å². The van der Waals surface area contributed by atoms with Gasteiger partial charge in [0.05, 0.1) is 5.92 Å². The number of likely N-dealkylation sites (tertiary alicyclic amines) is 1. The van der Waals surface area contributed by atoms with Crippen LogP contribution in [0.2, 0.25) is 0 Å². The monoisotopic (exact) mass is 185 g/mol. The molecule has 2 unspecified atom stereocenters. The second kappa shape index (κ2) is 3.77. The first-order valence-corrected chi connectivity index (χ1v) is 4.56. The lowest BCUT2D eigenvalue weighted by atomic mass is 9.93. The number of carbonyl (C=O) groups is 2. The number of rotatable bonds is 3. The lowest BCUT2D eigenvalue weighted by Crippen LogP contribution is -2.26. The number of carboxylic acid groups (broad SMARTS) is 1. The predicted molar refractivity (Wildman–Crippen MR) is 47.2 cm³/mol. The van der Waals surface area contributed by atoms with Gasteiger partial charge in [-0.15, -0.1) is 0 Å². The smallest absolute Gasteiger partial charge is 0.306 e. The van der Waals surface area contributed by atoms with Gasteiger partial charge in [0, 0.05) is 19.5 Å². The fourth-order valence-electron chi connectivity index (χ4n) is 1.64. The lowest BCUT2D eigenvalue weighted by Gasteiger charge is -2.15. The quantitative estimate of drug-likeness (QED) is 0.699. The summed E-state index contributed by atoms with van der Waals surface area (Å²) in [7, 11) is 0. The summed E-state index contributed by atoms with van der Waals surface area (Å²) in [6, 6.07) is 0. The van der Waals surface area contributed by atoms with E-state index in [1.54, 1.807) is 11.8 Å². The van der Waals surface area contributed by atoms with Crippen LogP contribution in [0.1, 0.15) is 20.3 Å². The molecular formula is C9H15NO3. The number of carboxylic acids is 1. The number of amides is 1. The van der Waals surface area contributed by atoms with E-state index in [9.17, 15) is 9.59 Å². The Morgan fingerprint density at radius 1 is 1.77 bits per heavy atom. The summed E-state index contributed by atoms with van der Waals surface area (Å²) in [6.45, 7) is 4.86. The van der Waals surface area contributed by atoms with Gasteiger partial charge < -0.3 is 10.0 Å². The van der Waals surface area contributed by atoms with Crippen molar-refractivity contribution in [2.24, 2.45) is 11.8 Å². The molecule has 1 rings (SSSR count). The fraction of sp³-hybridized carbons (Fsp3) is 0.778. The summed E-state index contributed by atoms with van der Waals surface area (Å²) < 4.78 is 0. The Morgan fingerprint density at radius 2 is 2.38 bits per heavy atom. The zero-order chi connectivity index (χ0) is 10.0. The maximum atomic E-state index is 11.3. The maximum absolute atomic E-state index is 11.3. The molecule has 13 heavy (non-hydrogen) atoms. The van der Waals surface area contributed by atoms with Gasteiger partial charge >= 0.3 is 5.97 Å². The zero-order valence-corrected chi connectivity index (χ0v) is 7.99. The minimum atomic E-state index is -0.809. The van der Waals surface area contributed by atoms with E-state index in [0.29, 0.717) is 19.5 Å². The van der Waals surface area contributed by atoms with E-state index in [1.807, 2.05) is 6.92 Å². The topological polar surface area (TPSA) is 57.6 Å². The van der Waals surface area contributed by atoms with Gasteiger partial charge in [0.25, 0.3) is 0 Å². The van der Waals surface area contributed by atoms with Crippen molar-refractivity contribution in [3.05, 3.63) is 0 Å². The van der Waals surface area contributed by atoms with Crippen LogP contribution < -0.4 is 0 Å². The first-order chi connectivity index (χ1) is 6.06. The van der Waals surface area contributed by atoms with Crippen molar-refractivity contribution in [1.82, 2.24) is 4.90 Å². The van der Waals surface area contributed by atoms with Crippen LogP contribution >= 0.6 is 0 Å². The fourth-order valence-corrected chi connectivity index (χ4v) is 1.64. The van der Waals surface area contributed by atoms with E-state index >= 15 is 0 Å². The van der Waals surface area contributed by atoms with Crippen molar-refractivity contribution < 1.29 is 14.7 Å². The van der Waals surface area contributed by atoms with Crippen molar-refractivity contribution in [3.8, 4) is 0 Å². The average molecular weight is 185 g/mol. The second-order valence-electron chi connectivity index (χ2n) is 3.52. The summed E-state index contributed by atoms with van der Waals surface area (Å²) in [4.78, 5) is 23.6. The Kier molecular flexibility index (Phi) is 2.90. The molecule has 1 aliphatic heterocycles. The molecule has 1 heterocycles. The highest BCUT2D eigenvalue weighted by molar-refractivity contribution is 5.80. The molecule has 0 aliphatic carbocycles. The minimum absolute atomic E-state index is 0.00931. The van der Waals surface area contributed by atoms with E-state index in [4.69, 9.17) is 5.11 Å². The van der Waals surface area contributed by atoms with Crippen LogP contribution in [0.25, 0.3) is 0 Å². The highest BCUT2D eigenvalue weighted by Gasteiger charge is 2.34. The average Bonchev–Trinajstić information content (AvgIpc) is 2.45. The van der Waals surface area contributed by atoms with Crippen molar-refractivity contribution in [2.75, 3.05) is 13.1 Å². The molecule has 1 fully saturated rings. The largest absolute Gasteiger partial charge is 0.481 e. The molecule has 4 nitrogen and oxygen atoms in total. The third-order valence-electron chi connectivity index (χ3n) is 2.72. The zero-order valence-electron chi connectivity index (χ0n) is 7.99. The Bertz CT molecular complexity index is 227. The van der Waals surface area contributed by atoms with Crippen LogP contribution in [0.15, 0.2) is 0 Å². The normalized spacial score (nSPS) is 24.9. The molecule has 2 atom stereocenters. The van der Waals surface area contributed by atoms with Gasteiger partial charge in [-0.1, -0.05) is 6.92 Å². The molecule has 0 aromatic rings. The highest BCUT2D eigenvalue weighted by atomic mass is 16.4. The predicted octanol–water partition coefficient (Wildman–Crippen LogP) is 0.575. The van der Waals surface area contributed by atoms with E-state index in [-0.39, 0.29) is 11.8 Å². The van der Waals surface area contributed by atoms with Gasteiger partial charge in [0.2, 0.25) is 5.91 Å². The highest BCUT2D eigenvalue weighted by Crippen LogP contribution is 2.24. The van der Waals surface area contributed by atoms with E-state index in [0.717, 1.165) is 0 Å².